The summed E-state index contributed by atoms with van der Waals surface area (Å²) in [6.45, 7) is 5.34. The molecule has 0 spiro atoms. The van der Waals surface area contributed by atoms with Crippen molar-refractivity contribution in [3.63, 3.8) is 0 Å². The first kappa shape index (κ1) is 18.4. The number of carbonyl (C=O) groups excluding carboxylic acids is 1. The quantitative estimate of drug-likeness (QED) is 0.854. The second-order valence-corrected chi connectivity index (χ2v) is 7.14. The molecular weight excluding hydrogens is 330 g/mol. The highest BCUT2D eigenvalue weighted by molar-refractivity contribution is 5.67. The predicted molar refractivity (Wildman–Crippen MR) is 98.3 cm³/mol. The van der Waals surface area contributed by atoms with Crippen LogP contribution in [0.15, 0.2) is 60.7 Å². The van der Waals surface area contributed by atoms with E-state index in [2.05, 4.69) is 19.2 Å². The molecule has 1 aliphatic heterocycles. The molecule has 5 nitrogen and oxygen atoms in total. The summed E-state index contributed by atoms with van der Waals surface area (Å²) in [6.07, 6.45) is -1.30. The van der Waals surface area contributed by atoms with Gasteiger partial charge in [-0.25, -0.2) is 4.79 Å². The largest absolute Gasteiger partial charge is 0.445 e. The minimum absolute atomic E-state index is 0.202. The van der Waals surface area contributed by atoms with Crippen LogP contribution in [0.2, 0.25) is 0 Å². The van der Waals surface area contributed by atoms with Gasteiger partial charge in [-0.3, -0.25) is 5.32 Å². The molecule has 1 heterocycles. The zero-order valence-corrected chi connectivity index (χ0v) is 15.2. The molecule has 0 saturated carbocycles. The first-order chi connectivity index (χ1) is 12.5. The number of amides is 1. The number of hydrogen-bond donors (Lipinski definition) is 1. The smallest absolute Gasteiger partial charge is 0.409 e. The van der Waals surface area contributed by atoms with Crippen LogP contribution in [0.5, 0.6) is 0 Å². The standard InChI is InChI=1S/C21H25NO4/c1-21(2)15-26-19(18(21)24-13-16-9-5-3-6-10-16)22-20(23)25-14-17-11-7-4-8-12-17/h3-12,18-19H,13-15H2,1-2H3,(H,22,23)/t18-,19?/m0/s1. The minimum atomic E-state index is -0.531. The SMILES string of the molecule is CC1(C)COC(NC(=O)OCc2ccccc2)[C@@H]1OCc1ccccc1. The van der Waals surface area contributed by atoms with E-state index in [0.29, 0.717) is 13.2 Å². The summed E-state index contributed by atoms with van der Waals surface area (Å²) in [5, 5.41) is 2.78. The van der Waals surface area contributed by atoms with E-state index >= 15 is 0 Å². The van der Waals surface area contributed by atoms with Crippen molar-refractivity contribution in [2.24, 2.45) is 5.41 Å². The molecule has 1 aliphatic rings. The van der Waals surface area contributed by atoms with Gasteiger partial charge in [0.25, 0.3) is 0 Å². The molecule has 2 aromatic carbocycles. The average Bonchev–Trinajstić information content (AvgIpc) is 2.93. The number of hydrogen-bond acceptors (Lipinski definition) is 4. The van der Waals surface area contributed by atoms with Gasteiger partial charge >= 0.3 is 6.09 Å². The van der Waals surface area contributed by atoms with Gasteiger partial charge in [0, 0.05) is 5.41 Å². The number of ether oxygens (including phenoxy) is 3. The van der Waals surface area contributed by atoms with E-state index in [1.807, 2.05) is 60.7 Å². The molecule has 2 aromatic rings. The van der Waals surface area contributed by atoms with Crippen LogP contribution in [-0.4, -0.2) is 25.0 Å². The van der Waals surface area contributed by atoms with Gasteiger partial charge in [-0.1, -0.05) is 74.5 Å². The Morgan fingerprint density at radius 2 is 1.62 bits per heavy atom. The molecule has 1 amide bonds. The van der Waals surface area contributed by atoms with Gasteiger partial charge in [0.1, 0.15) is 12.7 Å². The third kappa shape index (κ3) is 4.84. The molecule has 1 saturated heterocycles. The highest BCUT2D eigenvalue weighted by Crippen LogP contribution is 2.34. The summed E-state index contributed by atoms with van der Waals surface area (Å²) in [7, 11) is 0. The molecule has 1 fully saturated rings. The Bertz CT molecular complexity index is 702. The normalized spacial score (nSPS) is 21.3. The maximum atomic E-state index is 12.1. The first-order valence-electron chi connectivity index (χ1n) is 8.79. The van der Waals surface area contributed by atoms with E-state index in [1.165, 1.54) is 0 Å². The molecule has 0 radical (unpaired) electrons. The Morgan fingerprint density at radius 3 is 2.23 bits per heavy atom. The molecule has 1 unspecified atom stereocenters. The fraction of sp³-hybridized carbons (Fsp3) is 0.381. The molecule has 3 rings (SSSR count). The zero-order chi connectivity index (χ0) is 18.4. The lowest BCUT2D eigenvalue weighted by atomic mass is 9.89. The van der Waals surface area contributed by atoms with Crippen LogP contribution >= 0.6 is 0 Å². The Balaban J connectivity index is 1.54. The van der Waals surface area contributed by atoms with Gasteiger partial charge in [0.15, 0.2) is 6.23 Å². The number of alkyl carbamates (subject to hydrolysis) is 1. The van der Waals surface area contributed by atoms with Crippen molar-refractivity contribution in [1.82, 2.24) is 5.32 Å². The monoisotopic (exact) mass is 355 g/mol. The second kappa shape index (κ2) is 8.34. The predicted octanol–water partition coefficient (Wildman–Crippen LogP) is 3.88. The topological polar surface area (TPSA) is 56.8 Å². The van der Waals surface area contributed by atoms with Crippen LogP contribution < -0.4 is 5.32 Å². The van der Waals surface area contributed by atoms with Crippen LogP contribution in [0.4, 0.5) is 4.79 Å². The van der Waals surface area contributed by atoms with Crippen LogP contribution in [0, 0.1) is 5.41 Å². The van der Waals surface area contributed by atoms with E-state index in [1.54, 1.807) is 0 Å². The summed E-state index contributed by atoms with van der Waals surface area (Å²) >= 11 is 0. The summed E-state index contributed by atoms with van der Waals surface area (Å²) in [6, 6.07) is 19.5. The van der Waals surface area contributed by atoms with Gasteiger partial charge in [-0.05, 0) is 11.1 Å². The van der Waals surface area contributed by atoms with Crippen molar-refractivity contribution in [2.45, 2.75) is 39.4 Å². The van der Waals surface area contributed by atoms with E-state index in [4.69, 9.17) is 14.2 Å². The second-order valence-electron chi connectivity index (χ2n) is 7.14. The van der Waals surface area contributed by atoms with Crippen molar-refractivity contribution in [2.75, 3.05) is 6.61 Å². The van der Waals surface area contributed by atoms with E-state index in [0.717, 1.165) is 11.1 Å². The number of nitrogens with one attached hydrogen (secondary N) is 1. The summed E-state index contributed by atoms with van der Waals surface area (Å²) in [4.78, 5) is 12.1. The lowest BCUT2D eigenvalue weighted by molar-refractivity contribution is -0.0517. The maximum Gasteiger partial charge on any atom is 0.409 e. The van der Waals surface area contributed by atoms with Crippen molar-refractivity contribution in [1.29, 1.82) is 0 Å². The number of rotatable bonds is 6. The van der Waals surface area contributed by atoms with Crippen molar-refractivity contribution >= 4 is 6.09 Å². The molecule has 5 heteroatoms. The molecule has 1 N–H and O–H groups in total. The van der Waals surface area contributed by atoms with Gasteiger partial charge in [0.05, 0.1) is 13.2 Å². The minimum Gasteiger partial charge on any atom is -0.445 e. The third-order valence-electron chi connectivity index (χ3n) is 4.43. The maximum absolute atomic E-state index is 12.1. The Labute approximate surface area is 154 Å². The third-order valence-corrected chi connectivity index (χ3v) is 4.43. The highest BCUT2D eigenvalue weighted by atomic mass is 16.6. The van der Waals surface area contributed by atoms with Gasteiger partial charge < -0.3 is 14.2 Å². The van der Waals surface area contributed by atoms with Crippen LogP contribution in [0.3, 0.4) is 0 Å². The van der Waals surface area contributed by atoms with Crippen LogP contribution in [-0.2, 0) is 27.4 Å². The number of carbonyl (C=O) groups is 1. The lowest BCUT2D eigenvalue weighted by Crippen LogP contribution is -2.46. The fourth-order valence-corrected chi connectivity index (χ4v) is 2.96. The average molecular weight is 355 g/mol. The molecular formula is C21H25NO4. The van der Waals surface area contributed by atoms with Gasteiger partial charge in [-0.15, -0.1) is 0 Å². The summed E-state index contributed by atoms with van der Waals surface area (Å²) in [5.74, 6) is 0. The van der Waals surface area contributed by atoms with Crippen molar-refractivity contribution in [3.05, 3.63) is 71.8 Å². The molecule has 2 atom stereocenters. The van der Waals surface area contributed by atoms with Gasteiger partial charge in [-0.2, -0.15) is 0 Å². The van der Waals surface area contributed by atoms with Crippen molar-refractivity contribution in [3.8, 4) is 0 Å². The van der Waals surface area contributed by atoms with Crippen LogP contribution in [0.1, 0.15) is 25.0 Å². The Morgan fingerprint density at radius 1 is 1.04 bits per heavy atom. The Hall–Kier alpha value is -2.37. The highest BCUT2D eigenvalue weighted by Gasteiger charge is 2.45. The fourth-order valence-electron chi connectivity index (χ4n) is 2.96. The van der Waals surface area contributed by atoms with Gasteiger partial charge in [0.2, 0.25) is 0 Å². The Kier molecular flexibility index (Phi) is 5.91. The molecule has 26 heavy (non-hydrogen) atoms. The lowest BCUT2D eigenvalue weighted by Gasteiger charge is -2.28. The van der Waals surface area contributed by atoms with Crippen LogP contribution in [0.25, 0.3) is 0 Å². The zero-order valence-electron chi connectivity index (χ0n) is 15.2. The first-order valence-corrected chi connectivity index (χ1v) is 8.79. The van der Waals surface area contributed by atoms with Crippen molar-refractivity contribution < 1.29 is 19.0 Å². The van der Waals surface area contributed by atoms with E-state index in [-0.39, 0.29) is 18.1 Å². The summed E-state index contributed by atoms with van der Waals surface area (Å²) in [5.41, 5.74) is 1.82. The number of benzene rings is 2. The molecule has 0 aromatic heterocycles. The summed E-state index contributed by atoms with van der Waals surface area (Å²) < 4.78 is 17.1. The molecule has 0 aliphatic carbocycles. The van der Waals surface area contributed by atoms with E-state index in [9.17, 15) is 4.79 Å². The molecule has 138 valence electrons. The molecule has 0 bridgehead atoms. The van der Waals surface area contributed by atoms with E-state index < -0.39 is 12.3 Å².